The van der Waals surface area contributed by atoms with E-state index in [0.717, 1.165) is 38.5 Å². The molecule has 3 saturated heterocycles. The van der Waals surface area contributed by atoms with Crippen molar-refractivity contribution in [2.75, 3.05) is 0 Å². The van der Waals surface area contributed by atoms with Crippen molar-refractivity contribution in [2.45, 2.75) is 173 Å². The van der Waals surface area contributed by atoms with Crippen LogP contribution >= 0.6 is 23.2 Å². The number of rotatable bonds is 6. The van der Waals surface area contributed by atoms with Crippen molar-refractivity contribution in [1.82, 2.24) is 26.6 Å². The van der Waals surface area contributed by atoms with Gasteiger partial charge in [0, 0.05) is 73.6 Å². The number of amides is 2. The van der Waals surface area contributed by atoms with Gasteiger partial charge in [-0.05, 0) is 169 Å². The standard InChI is InChI=1S/C26H42N4O2.C9H20N2.C8H4Cl2O2.CH3.ClH.2Na.H2O/c1-23(2)13-19(14-24(3,4)29-23)27-21(31)17-10-9-11-18(12-17)22(32)28-20-15-25(5,6)30-26(7,8)16-20;1-8(2)5-7(10)6-9(3,4)11-8;9-7(11)5-2-1-3-6(4-5)8(10)12;;;;;/h9-12,19-20,29-30H,13-16H2,1-8H3,(H,27,31)(H,28,32);7,11H,5-6,10H2,1-4H3;1-4H;1H3;1H;;;1H2/q;;;-1;;2*+1;/p-2. The van der Waals surface area contributed by atoms with Crippen molar-refractivity contribution in [3.8, 4) is 0 Å². The number of hydrogen-bond donors (Lipinski definition) is 6. The molecule has 0 unspecified atom stereocenters. The second-order valence-corrected chi connectivity index (χ2v) is 20.4. The summed E-state index contributed by atoms with van der Waals surface area (Å²) in [6, 6.07) is 13.5. The Labute approximate surface area is 421 Å². The van der Waals surface area contributed by atoms with Crippen molar-refractivity contribution in [3.63, 3.8) is 0 Å². The third-order valence-corrected chi connectivity index (χ3v) is 10.4. The minimum absolute atomic E-state index is 0. The summed E-state index contributed by atoms with van der Waals surface area (Å²) < 4.78 is 0. The summed E-state index contributed by atoms with van der Waals surface area (Å²) in [5.74, 6) is -0.246. The van der Waals surface area contributed by atoms with Gasteiger partial charge in [-0.3, -0.25) is 19.2 Å². The Morgan fingerprint density at radius 1 is 0.533 bits per heavy atom. The number of piperidine rings is 3. The van der Waals surface area contributed by atoms with Crippen LogP contribution in [0.4, 0.5) is 0 Å². The molecule has 330 valence electrons. The van der Waals surface area contributed by atoms with Crippen LogP contribution < -0.4 is 104 Å². The van der Waals surface area contributed by atoms with Gasteiger partial charge in [0.05, 0.1) is 0 Å². The van der Waals surface area contributed by atoms with E-state index in [1.807, 2.05) is 0 Å². The van der Waals surface area contributed by atoms with Gasteiger partial charge in [0.25, 0.3) is 22.3 Å². The van der Waals surface area contributed by atoms with Gasteiger partial charge in [-0.1, -0.05) is 24.3 Å². The number of nitrogens with two attached hydrogens (primary N) is 1. The van der Waals surface area contributed by atoms with Crippen molar-refractivity contribution in [2.24, 2.45) is 5.73 Å². The number of carbonyl (C=O) groups is 4. The molecule has 0 aliphatic carbocycles. The maximum Gasteiger partial charge on any atom is 1.00 e. The van der Waals surface area contributed by atoms with Crippen molar-refractivity contribution >= 4 is 45.5 Å². The molecule has 0 spiro atoms. The summed E-state index contributed by atoms with van der Waals surface area (Å²) in [4.78, 5) is 47.3. The molecule has 3 aliphatic heterocycles. The van der Waals surface area contributed by atoms with E-state index in [1.165, 1.54) is 18.2 Å². The van der Waals surface area contributed by atoms with E-state index in [1.54, 1.807) is 30.3 Å². The first-order valence-corrected chi connectivity index (χ1v) is 20.1. The average molecular weight is 915 g/mol. The van der Waals surface area contributed by atoms with Crippen molar-refractivity contribution in [1.29, 1.82) is 0 Å². The first kappa shape index (κ1) is 63.7. The average Bonchev–Trinajstić information content (AvgIpc) is 2.96. The monoisotopic (exact) mass is 913 g/mol. The molecule has 2 aromatic carbocycles. The third kappa shape index (κ3) is 21.8. The number of benzene rings is 2. The summed E-state index contributed by atoms with van der Waals surface area (Å²) in [6.45, 7) is 26.2. The molecular weight excluding hydrogens is 845 g/mol. The molecule has 3 heterocycles. The topological polar surface area (TPSA) is 184 Å². The van der Waals surface area contributed by atoms with Crippen LogP contribution in [-0.4, -0.2) is 79.1 Å². The Hall–Kier alpha value is -0.610. The van der Waals surface area contributed by atoms with Gasteiger partial charge < -0.3 is 57.6 Å². The molecule has 0 aromatic heterocycles. The fourth-order valence-corrected chi connectivity index (χ4v) is 9.59. The SMILES string of the molecule is CC1(C)CC(N)CC(C)(C)N1.CC1(C)CC(NC(=O)c2cccc(C(=O)NC3CC(C)(C)NC(C)(C)C3)c2)CC(C)(C)N1.O=C(Cl)c1cccc(C(=O)Cl)c1.[CH3-].[Cl-].[Na+].[Na+].[OH-]. The van der Waals surface area contributed by atoms with E-state index in [0.29, 0.717) is 17.2 Å². The second-order valence-electron chi connectivity index (χ2n) is 19.7. The molecule has 2 aromatic rings. The molecule has 8 N–H and O–H groups in total. The molecule has 11 nitrogen and oxygen atoms in total. The van der Waals surface area contributed by atoms with E-state index in [9.17, 15) is 19.2 Å². The maximum atomic E-state index is 13.0. The van der Waals surface area contributed by atoms with Gasteiger partial charge in [0.15, 0.2) is 0 Å². The van der Waals surface area contributed by atoms with Crippen LogP contribution in [0, 0.1) is 7.43 Å². The largest absolute Gasteiger partial charge is 1.00 e. The van der Waals surface area contributed by atoms with Crippen LogP contribution in [0.2, 0.25) is 0 Å². The first-order valence-electron chi connectivity index (χ1n) is 19.3. The predicted octanol–water partition coefficient (Wildman–Crippen LogP) is -1.25. The Balaban J connectivity index is -0.000000963. The summed E-state index contributed by atoms with van der Waals surface area (Å²) in [5, 5.41) is 16.1. The number of hydrogen-bond acceptors (Lipinski definition) is 9. The molecule has 5 rings (SSSR count). The van der Waals surface area contributed by atoms with Gasteiger partial charge >= 0.3 is 59.1 Å². The van der Waals surface area contributed by atoms with Crippen LogP contribution in [0.15, 0.2) is 48.5 Å². The van der Waals surface area contributed by atoms with E-state index in [-0.39, 0.29) is 153 Å². The van der Waals surface area contributed by atoms with Crippen molar-refractivity contribution in [3.05, 3.63) is 78.2 Å². The molecule has 2 amide bonds. The number of carbonyl (C=O) groups excluding carboxylic acids is 4. The molecule has 0 radical (unpaired) electrons. The summed E-state index contributed by atoms with van der Waals surface area (Å²) >= 11 is 10.4. The Bertz CT molecular complexity index is 1580. The van der Waals surface area contributed by atoms with Crippen LogP contribution in [0.1, 0.15) is 163 Å². The minimum Gasteiger partial charge on any atom is -1.00 e. The summed E-state index contributed by atoms with van der Waals surface area (Å²) in [5.41, 5.74) is 7.77. The van der Waals surface area contributed by atoms with Crippen molar-refractivity contribution < 1.29 is 96.2 Å². The fourth-order valence-electron chi connectivity index (χ4n) is 9.35. The van der Waals surface area contributed by atoms with E-state index >= 15 is 0 Å². The van der Waals surface area contributed by atoms with E-state index in [2.05, 4.69) is 110 Å². The van der Waals surface area contributed by atoms with Crippen LogP contribution in [0.3, 0.4) is 0 Å². The zero-order chi connectivity index (χ0) is 41.8. The first-order chi connectivity index (χ1) is 25.0. The molecule has 60 heavy (non-hydrogen) atoms. The minimum atomic E-state index is -0.602. The predicted molar refractivity (Wildman–Crippen MR) is 234 cm³/mol. The Kier molecular flexibility index (Phi) is 26.7. The molecule has 0 bridgehead atoms. The Morgan fingerprint density at radius 3 is 1.02 bits per heavy atom. The van der Waals surface area contributed by atoms with Crippen LogP contribution in [0.5, 0.6) is 0 Å². The second kappa shape index (κ2) is 25.2. The number of halogens is 3. The maximum absolute atomic E-state index is 13.0. The summed E-state index contributed by atoms with van der Waals surface area (Å²) in [6.07, 6.45) is 5.62. The zero-order valence-corrected chi connectivity index (χ0v) is 45.2. The molecule has 0 saturated carbocycles. The van der Waals surface area contributed by atoms with Gasteiger partial charge in [0.1, 0.15) is 0 Å². The van der Waals surface area contributed by atoms with Crippen LogP contribution in [0.25, 0.3) is 0 Å². The normalized spacial score (nSPS) is 20.5. The fraction of sp³-hybridized carbons (Fsp3) is 0.614. The smallest absolute Gasteiger partial charge is 1.00 e. The van der Waals surface area contributed by atoms with Gasteiger partial charge in [-0.25, -0.2) is 0 Å². The molecular formula is C44H70Cl3N6Na2O5-. The summed E-state index contributed by atoms with van der Waals surface area (Å²) in [7, 11) is 0. The quantitative estimate of drug-likeness (QED) is 0.117. The Morgan fingerprint density at radius 2 is 0.767 bits per heavy atom. The van der Waals surface area contributed by atoms with Gasteiger partial charge in [-0.15, -0.1) is 0 Å². The van der Waals surface area contributed by atoms with E-state index in [4.69, 9.17) is 28.9 Å². The zero-order valence-electron chi connectivity index (χ0n) is 38.9. The van der Waals surface area contributed by atoms with Gasteiger partial charge in [-0.2, -0.15) is 0 Å². The van der Waals surface area contributed by atoms with Crippen LogP contribution in [-0.2, 0) is 0 Å². The number of nitrogens with one attached hydrogen (secondary N) is 5. The van der Waals surface area contributed by atoms with E-state index < -0.39 is 10.5 Å². The third-order valence-electron chi connectivity index (χ3n) is 9.98. The molecule has 0 atom stereocenters. The van der Waals surface area contributed by atoms with Gasteiger partial charge in [0.2, 0.25) is 0 Å². The molecule has 16 heteroatoms. The molecule has 3 fully saturated rings. The molecule has 3 aliphatic rings.